The van der Waals surface area contributed by atoms with E-state index >= 15 is 0 Å². The molecule has 0 amide bonds. The molecular weight excluding hydrogens is 180 g/mol. The topological polar surface area (TPSA) is 43.4 Å². The fourth-order valence-electron chi connectivity index (χ4n) is 1.37. The van der Waals surface area contributed by atoms with Crippen molar-refractivity contribution in [2.45, 2.75) is 40.0 Å². The van der Waals surface area contributed by atoms with Gasteiger partial charge in [-0.1, -0.05) is 20.8 Å². The van der Waals surface area contributed by atoms with E-state index in [1.54, 1.807) is 0 Å². The lowest BCUT2D eigenvalue weighted by Crippen LogP contribution is -2.12. The summed E-state index contributed by atoms with van der Waals surface area (Å²) in [4.78, 5) is 22.3. The van der Waals surface area contributed by atoms with Gasteiger partial charge in [-0.25, -0.2) is 0 Å². The number of ketones is 1. The molecule has 0 fully saturated rings. The summed E-state index contributed by atoms with van der Waals surface area (Å²) in [5.41, 5.74) is 0. The number of rotatable bonds is 6. The second kappa shape index (κ2) is 6.57. The third kappa shape index (κ3) is 6.63. The summed E-state index contributed by atoms with van der Waals surface area (Å²) in [6.45, 7) is 5.93. The molecular formula is C11H20O3. The summed E-state index contributed by atoms with van der Waals surface area (Å²) in [5.74, 6) is 0.479. The Morgan fingerprint density at radius 2 is 1.64 bits per heavy atom. The van der Waals surface area contributed by atoms with Gasteiger partial charge in [0.05, 0.1) is 7.11 Å². The molecule has 0 radical (unpaired) electrons. The van der Waals surface area contributed by atoms with Crippen LogP contribution < -0.4 is 0 Å². The molecule has 0 aliphatic rings. The molecule has 0 heterocycles. The predicted molar refractivity (Wildman–Crippen MR) is 54.9 cm³/mol. The average Bonchev–Trinajstić information content (AvgIpc) is 2.01. The Morgan fingerprint density at radius 3 is 2.07 bits per heavy atom. The van der Waals surface area contributed by atoms with Gasteiger partial charge in [0.2, 0.25) is 0 Å². The van der Waals surface area contributed by atoms with Crippen LogP contribution in [0.25, 0.3) is 0 Å². The van der Waals surface area contributed by atoms with Crippen molar-refractivity contribution in [3.63, 3.8) is 0 Å². The van der Waals surface area contributed by atoms with Crippen LogP contribution in [0.5, 0.6) is 0 Å². The smallest absolute Gasteiger partial charge is 0.305 e. The Balaban J connectivity index is 3.76. The van der Waals surface area contributed by atoms with E-state index in [4.69, 9.17) is 0 Å². The van der Waals surface area contributed by atoms with Crippen molar-refractivity contribution < 1.29 is 14.3 Å². The minimum absolute atomic E-state index is 0.0914. The minimum atomic E-state index is -0.241. The lowest BCUT2D eigenvalue weighted by Gasteiger charge is -2.09. The van der Waals surface area contributed by atoms with Gasteiger partial charge in [0, 0.05) is 19.3 Å². The highest BCUT2D eigenvalue weighted by molar-refractivity contribution is 5.79. The standard InChI is InChI=1S/C11H20O3/c1-8(2)5-10(12)6-9(3)7-11(13)14-4/h8-9H,5-7H2,1-4H3/t9-/m1/s1. The van der Waals surface area contributed by atoms with Crippen LogP contribution in [0.2, 0.25) is 0 Å². The summed E-state index contributed by atoms with van der Waals surface area (Å²) in [5, 5.41) is 0. The zero-order chi connectivity index (χ0) is 11.1. The second-order valence-corrected chi connectivity index (χ2v) is 4.23. The van der Waals surface area contributed by atoms with Crippen LogP contribution in [0.3, 0.4) is 0 Å². The Labute approximate surface area is 85.8 Å². The molecule has 14 heavy (non-hydrogen) atoms. The van der Waals surface area contributed by atoms with Crippen LogP contribution in [0, 0.1) is 11.8 Å². The number of hydrogen-bond acceptors (Lipinski definition) is 3. The number of ether oxygens (including phenoxy) is 1. The Bertz CT molecular complexity index is 197. The molecule has 1 atom stereocenters. The van der Waals surface area contributed by atoms with E-state index in [1.165, 1.54) is 7.11 Å². The first kappa shape index (κ1) is 13.1. The maximum atomic E-state index is 11.4. The highest BCUT2D eigenvalue weighted by Crippen LogP contribution is 2.12. The third-order valence-corrected chi connectivity index (χ3v) is 1.95. The Hall–Kier alpha value is -0.860. The van der Waals surface area contributed by atoms with E-state index in [0.717, 1.165) is 0 Å². The summed E-state index contributed by atoms with van der Waals surface area (Å²) >= 11 is 0. The molecule has 82 valence electrons. The Kier molecular flexibility index (Phi) is 6.17. The SMILES string of the molecule is COC(=O)C[C@H](C)CC(=O)CC(C)C. The molecule has 3 heteroatoms. The molecule has 0 aliphatic carbocycles. The van der Waals surface area contributed by atoms with Crippen LogP contribution in [-0.2, 0) is 14.3 Å². The summed E-state index contributed by atoms with van der Waals surface area (Å²) < 4.78 is 4.53. The van der Waals surface area contributed by atoms with Gasteiger partial charge in [0.25, 0.3) is 0 Å². The van der Waals surface area contributed by atoms with E-state index in [0.29, 0.717) is 25.2 Å². The van der Waals surface area contributed by atoms with Crippen molar-refractivity contribution in [1.29, 1.82) is 0 Å². The molecule has 0 aromatic rings. The molecule has 0 bridgehead atoms. The molecule has 0 spiro atoms. The summed E-state index contributed by atoms with van der Waals surface area (Å²) in [6, 6.07) is 0. The van der Waals surface area contributed by atoms with Gasteiger partial charge in [-0.2, -0.15) is 0 Å². The third-order valence-electron chi connectivity index (χ3n) is 1.95. The molecule has 0 saturated carbocycles. The monoisotopic (exact) mass is 200 g/mol. The molecule has 0 aromatic heterocycles. The number of hydrogen-bond donors (Lipinski definition) is 0. The van der Waals surface area contributed by atoms with Gasteiger partial charge < -0.3 is 4.74 Å². The van der Waals surface area contributed by atoms with Gasteiger partial charge in [-0.15, -0.1) is 0 Å². The van der Waals surface area contributed by atoms with Crippen molar-refractivity contribution in [1.82, 2.24) is 0 Å². The number of esters is 1. The zero-order valence-electron chi connectivity index (χ0n) is 9.50. The van der Waals surface area contributed by atoms with E-state index in [9.17, 15) is 9.59 Å². The largest absolute Gasteiger partial charge is 0.469 e. The summed E-state index contributed by atoms with van der Waals surface area (Å²) in [7, 11) is 1.37. The molecule has 0 aliphatic heterocycles. The summed E-state index contributed by atoms with van der Waals surface area (Å²) in [6.07, 6.45) is 1.42. The minimum Gasteiger partial charge on any atom is -0.469 e. The van der Waals surface area contributed by atoms with Crippen LogP contribution in [-0.4, -0.2) is 18.9 Å². The zero-order valence-corrected chi connectivity index (χ0v) is 9.50. The van der Waals surface area contributed by atoms with E-state index in [-0.39, 0.29) is 17.7 Å². The van der Waals surface area contributed by atoms with Gasteiger partial charge in [0.1, 0.15) is 5.78 Å². The van der Waals surface area contributed by atoms with Crippen LogP contribution in [0.4, 0.5) is 0 Å². The lowest BCUT2D eigenvalue weighted by molar-refractivity contribution is -0.141. The fraction of sp³-hybridized carbons (Fsp3) is 0.818. The highest BCUT2D eigenvalue weighted by atomic mass is 16.5. The van der Waals surface area contributed by atoms with Gasteiger partial charge in [-0.3, -0.25) is 9.59 Å². The number of carbonyl (C=O) groups is 2. The fourth-order valence-corrected chi connectivity index (χ4v) is 1.37. The maximum Gasteiger partial charge on any atom is 0.305 e. The quantitative estimate of drug-likeness (QED) is 0.617. The van der Waals surface area contributed by atoms with Gasteiger partial charge >= 0.3 is 5.97 Å². The maximum absolute atomic E-state index is 11.4. The normalized spacial score (nSPS) is 12.6. The molecule has 0 unspecified atom stereocenters. The first-order valence-electron chi connectivity index (χ1n) is 5.04. The van der Waals surface area contributed by atoms with E-state index in [1.807, 2.05) is 20.8 Å². The van der Waals surface area contributed by atoms with Gasteiger partial charge in [-0.05, 0) is 11.8 Å². The first-order chi connectivity index (χ1) is 6.45. The highest BCUT2D eigenvalue weighted by Gasteiger charge is 2.14. The molecule has 3 nitrogen and oxygen atoms in total. The molecule has 0 aromatic carbocycles. The average molecular weight is 200 g/mol. The van der Waals surface area contributed by atoms with Crippen LogP contribution >= 0.6 is 0 Å². The molecule has 0 N–H and O–H groups in total. The lowest BCUT2D eigenvalue weighted by atomic mass is 9.96. The van der Waals surface area contributed by atoms with E-state index < -0.39 is 0 Å². The second-order valence-electron chi connectivity index (χ2n) is 4.23. The first-order valence-corrected chi connectivity index (χ1v) is 5.04. The number of Topliss-reactive ketones (excluding diaryl/α,β-unsaturated/α-hetero) is 1. The van der Waals surface area contributed by atoms with E-state index in [2.05, 4.69) is 4.74 Å². The molecule has 0 rings (SSSR count). The number of methoxy groups -OCH3 is 1. The molecule has 0 saturated heterocycles. The van der Waals surface area contributed by atoms with Crippen LogP contribution in [0.15, 0.2) is 0 Å². The van der Waals surface area contributed by atoms with Crippen molar-refractivity contribution in [2.24, 2.45) is 11.8 Å². The Morgan fingerprint density at radius 1 is 1.07 bits per heavy atom. The van der Waals surface area contributed by atoms with Crippen molar-refractivity contribution in [3.8, 4) is 0 Å². The van der Waals surface area contributed by atoms with Crippen LogP contribution in [0.1, 0.15) is 40.0 Å². The van der Waals surface area contributed by atoms with Crippen molar-refractivity contribution >= 4 is 11.8 Å². The predicted octanol–water partition coefficient (Wildman–Crippen LogP) is 2.19. The van der Waals surface area contributed by atoms with Gasteiger partial charge in [0.15, 0.2) is 0 Å². The van der Waals surface area contributed by atoms with Crippen molar-refractivity contribution in [3.05, 3.63) is 0 Å². The van der Waals surface area contributed by atoms with Crippen molar-refractivity contribution in [2.75, 3.05) is 7.11 Å². The number of carbonyl (C=O) groups excluding carboxylic acids is 2.